The molecule has 0 radical (unpaired) electrons. The van der Waals surface area contributed by atoms with Crippen LogP contribution in [0, 0.1) is 11.8 Å². The van der Waals surface area contributed by atoms with Gasteiger partial charge in [-0.1, -0.05) is 38.5 Å². The summed E-state index contributed by atoms with van der Waals surface area (Å²) in [6.45, 7) is 0. The first-order valence-corrected chi connectivity index (χ1v) is 10.4. The molecule has 2 saturated carbocycles. The molecule has 2 aliphatic carbocycles. The Morgan fingerprint density at radius 2 is 1.08 bits per heavy atom. The van der Waals surface area contributed by atoms with E-state index in [1.165, 1.54) is 64.2 Å². The monoisotopic (exact) mass is 362 g/mol. The van der Waals surface area contributed by atoms with E-state index in [1.807, 2.05) is 12.4 Å². The molecule has 0 aliphatic heterocycles. The fourth-order valence-corrected chi connectivity index (χ4v) is 3.68. The van der Waals surface area contributed by atoms with Gasteiger partial charge in [0.2, 0.25) is 11.8 Å². The second kappa shape index (κ2) is 12.6. The Labute approximate surface area is 157 Å². The molecule has 2 amide bonds. The minimum atomic E-state index is -0.0761. The molecule has 0 heterocycles. The predicted octanol–water partition coefficient (Wildman–Crippen LogP) is 3.91. The number of carbonyl (C=O) groups is 2. The van der Waals surface area contributed by atoms with Crippen LogP contribution in [-0.2, 0) is 9.59 Å². The molecule has 0 spiro atoms. The van der Waals surface area contributed by atoms with Crippen molar-refractivity contribution in [2.75, 3.05) is 0 Å². The van der Waals surface area contributed by atoms with E-state index in [4.69, 9.17) is 0 Å². The van der Waals surface area contributed by atoms with Crippen molar-refractivity contribution in [2.24, 2.45) is 22.0 Å². The van der Waals surface area contributed by atoms with Crippen molar-refractivity contribution in [1.82, 2.24) is 10.9 Å². The average molecular weight is 363 g/mol. The van der Waals surface area contributed by atoms with Gasteiger partial charge in [-0.2, -0.15) is 10.2 Å². The van der Waals surface area contributed by atoms with E-state index in [0.29, 0.717) is 37.5 Å². The number of nitrogens with one attached hydrogen (secondary N) is 2. The Bertz CT molecular complexity index is 434. The molecule has 0 aromatic carbocycles. The Morgan fingerprint density at radius 3 is 1.46 bits per heavy atom. The lowest BCUT2D eigenvalue weighted by atomic mass is 9.90. The molecular formula is C20H34N4O2. The van der Waals surface area contributed by atoms with E-state index in [0.717, 1.165) is 0 Å². The topological polar surface area (TPSA) is 82.9 Å². The van der Waals surface area contributed by atoms with Crippen LogP contribution in [0.3, 0.4) is 0 Å². The fourth-order valence-electron chi connectivity index (χ4n) is 3.68. The Morgan fingerprint density at radius 1 is 0.692 bits per heavy atom. The molecule has 0 unspecified atom stereocenters. The zero-order valence-electron chi connectivity index (χ0n) is 15.9. The van der Waals surface area contributed by atoms with Gasteiger partial charge in [-0.3, -0.25) is 9.59 Å². The van der Waals surface area contributed by atoms with Gasteiger partial charge in [0.25, 0.3) is 0 Å². The zero-order chi connectivity index (χ0) is 18.5. The van der Waals surface area contributed by atoms with E-state index in [2.05, 4.69) is 21.1 Å². The number of amides is 2. The van der Waals surface area contributed by atoms with E-state index in [-0.39, 0.29) is 11.8 Å². The first-order chi connectivity index (χ1) is 12.7. The summed E-state index contributed by atoms with van der Waals surface area (Å²) in [5.41, 5.74) is 5.19. The first kappa shape index (κ1) is 20.6. The maximum absolute atomic E-state index is 11.7. The van der Waals surface area contributed by atoms with E-state index in [1.54, 1.807) is 0 Å². The molecule has 2 rings (SSSR count). The zero-order valence-corrected chi connectivity index (χ0v) is 15.9. The van der Waals surface area contributed by atoms with Gasteiger partial charge in [0.15, 0.2) is 0 Å². The maximum atomic E-state index is 11.7. The molecule has 26 heavy (non-hydrogen) atoms. The molecule has 0 bridgehead atoms. The van der Waals surface area contributed by atoms with Gasteiger partial charge in [-0.15, -0.1) is 0 Å². The minimum absolute atomic E-state index is 0.0761. The highest BCUT2D eigenvalue weighted by Crippen LogP contribution is 2.22. The van der Waals surface area contributed by atoms with Crippen molar-refractivity contribution in [3.63, 3.8) is 0 Å². The summed E-state index contributed by atoms with van der Waals surface area (Å²) < 4.78 is 0. The van der Waals surface area contributed by atoms with Gasteiger partial charge in [0, 0.05) is 25.3 Å². The molecule has 0 aromatic heterocycles. The fraction of sp³-hybridized carbons (Fsp3) is 0.800. The molecule has 0 saturated heterocycles. The largest absolute Gasteiger partial charge is 0.273 e. The van der Waals surface area contributed by atoms with E-state index in [9.17, 15) is 9.59 Å². The summed E-state index contributed by atoms with van der Waals surface area (Å²) in [6.07, 6.45) is 18.3. The smallest absolute Gasteiger partial charge is 0.240 e. The van der Waals surface area contributed by atoms with Gasteiger partial charge in [-0.25, -0.2) is 10.9 Å². The van der Waals surface area contributed by atoms with Crippen LogP contribution < -0.4 is 10.9 Å². The Kier molecular flexibility index (Phi) is 9.98. The van der Waals surface area contributed by atoms with Crippen molar-refractivity contribution >= 4 is 24.2 Å². The molecule has 2 aliphatic rings. The molecule has 0 aromatic rings. The van der Waals surface area contributed by atoms with Gasteiger partial charge in [-0.05, 0) is 50.4 Å². The third-order valence-corrected chi connectivity index (χ3v) is 5.31. The predicted molar refractivity (Wildman–Crippen MR) is 105 cm³/mol. The molecule has 6 nitrogen and oxygen atoms in total. The average Bonchev–Trinajstić information content (AvgIpc) is 2.67. The van der Waals surface area contributed by atoms with E-state index < -0.39 is 0 Å². The van der Waals surface area contributed by atoms with Gasteiger partial charge in [0.05, 0.1) is 0 Å². The van der Waals surface area contributed by atoms with Gasteiger partial charge in [0.1, 0.15) is 0 Å². The van der Waals surface area contributed by atoms with Gasteiger partial charge < -0.3 is 0 Å². The van der Waals surface area contributed by atoms with Crippen molar-refractivity contribution in [3.05, 3.63) is 0 Å². The molecule has 2 N–H and O–H groups in total. The summed E-state index contributed by atoms with van der Waals surface area (Å²) in [7, 11) is 0. The van der Waals surface area contributed by atoms with Crippen LogP contribution in [0.1, 0.15) is 89.9 Å². The van der Waals surface area contributed by atoms with E-state index >= 15 is 0 Å². The second-order valence-corrected chi connectivity index (χ2v) is 7.63. The van der Waals surface area contributed by atoms with Crippen molar-refractivity contribution in [3.8, 4) is 0 Å². The number of hydrazone groups is 2. The Hall–Kier alpha value is -1.72. The SMILES string of the molecule is O=C(CCCCC(=O)N/N=C/C1CCCCC1)N/N=C/C1CCCCC1. The van der Waals surface area contributed by atoms with Crippen LogP contribution in [0.2, 0.25) is 0 Å². The summed E-state index contributed by atoms with van der Waals surface area (Å²) in [6, 6.07) is 0. The van der Waals surface area contributed by atoms with Crippen LogP contribution in [0.5, 0.6) is 0 Å². The normalized spacial score (nSPS) is 19.8. The van der Waals surface area contributed by atoms with Crippen molar-refractivity contribution in [1.29, 1.82) is 0 Å². The molecular weight excluding hydrogens is 328 g/mol. The number of hydrogen-bond donors (Lipinski definition) is 2. The van der Waals surface area contributed by atoms with Crippen LogP contribution >= 0.6 is 0 Å². The summed E-state index contributed by atoms with van der Waals surface area (Å²) in [5, 5.41) is 8.14. The van der Waals surface area contributed by atoms with Crippen LogP contribution in [0.15, 0.2) is 10.2 Å². The number of unbranched alkanes of at least 4 members (excludes halogenated alkanes) is 1. The highest BCUT2D eigenvalue weighted by molar-refractivity contribution is 5.78. The van der Waals surface area contributed by atoms with Crippen LogP contribution in [-0.4, -0.2) is 24.2 Å². The lowest BCUT2D eigenvalue weighted by Crippen LogP contribution is -2.20. The highest BCUT2D eigenvalue weighted by Gasteiger charge is 2.11. The quantitative estimate of drug-likeness (QED) is 0.370. The first-order valence-electron chi connectivity index (χ1n) is 10.4. The third kappa shape index (κ3) is 9.11. The number of carbonyl (C=O) groups excluding carboxylic acids is 2. The lowest BCUT2D eigenvalue weighted by molar-refractivity contribution is -0.123. The summed E-state index contributed by atoms with van der Waals surface area (Å²) in [5.74, 6) is 0.879. The molecule has 2 fully saturated rings. The van der Waals surface area contributed by atoms with Crippen LogP contribution in [0.4, 0.5) is 0 Å². The Balaban J connectivity index is 1.46. The molecule has 6 heteroatoms. The van der Waals surface area contributed by atoms with Crippen molar-refractivity contribution < 1.29 is 9.59 Å². The van der Waals surface area contributed by atoms with Gasteiger partial charge >= 0.3 is 0 Å². The maximum Gasteiger partial charge on any atom is 0.240 e. The number of hydrogen-bond acceptors (Lipinski definition) is 4. The third-order valence-electron chi connectivity index (χ3n) is 5.31. The molecule has 0 atom stereocenters. The molecule has 146 valence electrons. The number of nitrogens with zero attached hydrogens (tertiary/aromatic N) is 2. The minimum Gasteiger partial charge on any atom is -0.273 e. The lowest BCUT2D eigenvalue weighted by Gasteiger charge is -2.16. The number of rotatable bonds is 9. The summed E-state index contributed by atoms with van der Waals surface area (Å²) >= 11 is 0. The highest BCUT2D eigenvalue weighted by atomic mass is 16.2. The second-order valence-electron chi connectivity index (χ2n) is 7.63. The van der Waals surface area contributed by atoms with Crippen LogP contribution in [0.25, 0.3) is 0 Å². The summed E-state index contributed by atoms with van der Waals surface area (Å²) in [4.78, 5) is 23.5. The van der Waals surface area contributed by atoms with Crippen molar-refractivity contribution in [2.45, 2.75) is 89.9 Å². The standard InChI is InChI=1S/C20H34N4O2/c25-19(23-21-15-17-9-3-1-4-10-17)13-7-8-14-20(26)24-22-16-18-11-5-2-6-12-18/h15-18H,1-14H2,(H,23,25)(H,24,26)/b21-15+,22-16+.